The largest absolute Gasteiger partial charge is 0.494 e. The fourth-order valence-corrected chi connectivity index (χ4v) is 5.91. The fraction of sp³-hybridized carbons (Fsp3) is 0.133. The number of amidine groups is 2. The maximum absolute atomic E-state index is 5.63. The van der Waals surface area contributed by atoms with Crippen molar-refractivity contribution >= 4 is 45.9 Å². The third kappa shape index (κ3) is 3.98. The summed E-state index contributed by atoms with van der Waals surface area (Å²) in [5, 5.41) is 10.6. The van der Waals surface area contributed by atoms with Crippen molar-refractivity contribution in [2.45, 2.75) is 19.9 Å². The first-order valence-electron chi connectivity index (χ1n) is 12.8. The lowest BCUT2D eigenvalue weighted by Crippen LogP contribution is -2.46. The van der Waals surface area contributed by atoms with E-state index in [2.05, 4.69) is 38.8 Å². The second-order valence-corrected chi connectivity index (χ2v) is 10.2. The number of aliphatic imine (C=N–C) groups is 2. The van der Waals surface area contributed by atoms with Gasteiger partial charge in [-0.25, -0.2) is 15.0 Å². The molecule has 192 valence electrons. The van der Waals surface area contributed by atoms with Crippen molar-refractivity contribution in [1.82, 2.24) is 14.8 Å². The summed E-state index contributed by atoms with van der Waals surface area (Å²) < 4.78 is 7.47. The zero-order valence-corrected chi connectivity index (χ0v) is 22.3. The van der Waals surface area contributed by atoms with Gasteiger partial charge in [-0.3, -0.25) is 0 Å². The Labute approximate surface area is 230 Å². The predicted molar refractivity (Wildman–Crippen MR) is 157 cm³/mol. The molecular weight excluding hydrogens is 506 g/mol. The van der Waals surface area contributed by atoms with E-state index >= 15 is 0 Å². The number of nitrogens with zero attached hydrogens (tertiary/aromatic N) is 6. The Morgan fingerprint density at radius 2 is 1.79 bits per heavy atom. The van der Waals surface area contributed by atoms with Gasteiger partial charge in [-0.1, -0.05) is 24.3 Å². The van der Waals surface area contributed by atoms with Crippen LogP contribution in [0.3, 0.4) is 0 Å². The number of aromatic nitrogens is 3. The fourth-order valence-electron chi connectivity index (χ4n) is 5.09. The van der Waals surface area contributed by atoms with Crippen LogP contribution in [0.5, 0.6) is 5.75 Å². The van der Waals surface area contributed by atoms with Crippen LogP contribution in [0, 0.1) is 6.92 Å². The van der Waals surface area contributed by atoms with Crippen LogP contribution in [-0.2, 0) is 0 Å². The van der Waals surface area contributed by atoms with Crippen LogP contribution >= 0.6 is 11.3 Å². The molecule has 3 aromatic heterocycles. The summed E-state index contributed by atoms with van der Waals surface area (Å²) in [7, 11) is 0. The van der Waals surface area contributed by atoms with E-state index in [4.69, 9.17) is 19.8 Å². The molecule has 7 rings (SSSR count). The van der Waals surface area contributed by atoms with Gasteiger partial charge in [0, 0.05) is 22.3 Å². The summed E-state index contributed by atoms with van der Waals surface area (Å²) in [5.74, 6) is 3.70. The van der Waals surface area contributed by atoms with Crippen molar-refractivity contribution in [2.75, 3.05) is 16.8 Å². The molecule has 5 aromatic rings. The van der Waals surface area contributed by atoms with E-state index in [0.29, 0.717) is 12.4 Å². The molecule has 2 aromatic carbocycles. The van der Waals surface area contributed by atoms with E-state index in [1.807, 2.05) is 79.2 Å². The molecule has 1 atom stereocenters. The molecule has 2 aliphatic heterocycles. The van der Waals surface area contributed by atoms with Crippen LogP contribution in [0.15, 0.2) is 100 Å². The highest BCUT2D eigenvalue weighted by Crippen LogP contribution is 2.48. The number of hydrogen-bond acceptors (Lipinski definition) is 8. The number of para-hydroxylation sites is 2. The lowest BCUT2D eigenvalue weighted by Gasteiger charge is -2.40. The Morgan fingerprint density at radius 3 is 2.56 bits per heavy atom. The first kappa shape index (κ1) is 23.4. The molecule has 0 bridgehead atoms. The normalized spacial score (nSPS) is 15.5. The van der Waals surface area contributed by atoms with Crippen LogP contribution in [0.25, 0.3) is 5.82 Å². The standard InChI is InChI=1S/C30H25N7OS/c1-3-38-21-15-13-20(14-16-21)32-28-30-34-29-26(19(2)35-37(29)25-12-6-7-17-31-25)27(24-11-8-18-39-24)36(30)23-10-5-4-9-22(23)33-28/h4-18,27H,3H2,1-2H3,(H,32,33). The maximum atomic E-state index is 5.63. The van der Waals surface area contributed by atoms with Crippen molar-refractivity contribution in [3.05, 3.63) is 107 Å². The van der Waals surface area contributed by atoms with Gasteiger partial charge in [0.25, 0.3) is 0 Å². The minimum absolute atomic E-state index is 0.126. The predicted octanol–water partition coefficient (Wildman–Crippen LogP) is 6.83. The van der Waals surface area contributed by atoms with Crippen LogP contribution in [0.2, 0.25) is 0 Å². The summed E-state index contributed by atoms with van der Waals surface area (Å²) in [5.41, 5.74) is 4.75. The lowest BCUT2D eigenvalue weighted by atomic mass is 9.98. The number of anilines is 2. The van der Waals surface area contributed by atoms with Crippen molar-refractivity contribution < 1.29 is 4.74 Å². The smallest absolute Gasteiger partial charge is 0.179 e. The first-order valence-corrected chi connectivity index (χ1v) is 13.7. The number of pyridine rings is 1. The highest BCUT2D eigenvalue weighted by atomic mass is 32.1. The summed E-state index contributed by atoms with van der Waals surface area (Å²) in [6.45, 7) is 4.64. The monoisotopic (exact) mass is 531 g/mol. The van der Waals surface area contributed by atoms with Gasteiger partial charge in [0.2, 0.25) is 0 Å². The molecule has 5 heterocycles. The van der Waals surface area contributed by atoms with Crippen LogP contribution in [0.1, 0.15) is 29.1 Å². The van der Waals surface area contributed by atoms with Crippen molar-refractivity contribution in [3.63, 3.8) is 0 Å². The zero-order chi connectivity index (χ0) is 26.3. The average molecular weight is 532 g/mol. The van der Waals surface area contributed by atoms with E-state index in [1.54, 1.807) is 17.5 Å². The molecule has 0 spiro atoms. The zero-order valence-electron chi connectivity index (χ0n) is 21.4. The van der Waals surface area contributed by atoms with Gasteiger partial charge in [0.1, 0.15) is 11.8 Å². The molecular formula is C30H25N7OS. The van der Waals surface area contributed by atoms with Crippen LogP contribution in [-0.4, -0.2) is 33.0 Å². The number of ether oxygens (including phenoxy) is 1. The van der Waals surface area contributed by atoms with Gasteiger partial charge in [-0.05, 0) is 73.8 Å². The van der Waals surface area contributed by atoms with Crippen molar-refractivity contribution in [2.24, 2.45) is 9.98 Å². The number of rotatable bonds is 5. The van der Waals surface area contributed by atoms with Crippen LogP contribution in [0.4, 0.5) is 22.9 Å². The summed E-state index contributed by atoms with van der Waals surface area (Å²) in [6.07, 6.45) is 1.77. The van der Waals surface area contributed by atoms with Gasteiger partial charge in [0.15, 0.2) is 23.3 Å². The van der Waals surface area contributed by atoms with E-state index in [-0.39, 0.29) is 6.04 Å². The molecule has 2 aliphatic rings. The van der Waals surface area contributed by atoms with E-state index in [0.717, 1.165) is 51.5 Å². The van der Waals surface area contributed by atoms with Gasteiger partial charge >= 0.3 is 0 Å². The summed E-state index contributed by atoms with van der Waals surface area (Å²) in [4.78, 5) is 18.3. The molecule has 8 nitrogen and oxygen atoms in total. The van der Waals surface area contributed by atoms with Crippen LogP contribution < -0.4 is 15.0 Å². The third-order valence-electron chi connectivity index (χ3n) is 6.75. The minimum atomic E-state index is -0.126. The molecule has 0 aliphatic carbocycles. The number of benzene rings is 2. The molecule has 0 saturated heterocycles. The first-order chi connectivity index (χ1) is 19.2. The molecule has 39 heavy (non-hydrogen) atoms. The highest BCUT2D eigenvalue weighted by molar-refractivity contribution is 7.10. The summed E-state index contributed by atoms with van der Waals surface area (Å²) in [6, 6.07) is 26.0. The topological polar surface area (TPSA) is 79.9 Å². The second-order valence-electron chi connectivity index (χ2n) is 9.18. The number of fused-ring (bicyclic) bond motifs is 4. The lowest BCUT2D eigenvalue weighted by molar-refractivity contribution is 0.340. The van der Waals surface area contributed by atoms with Crippen molar-refractivity contribution in [1.29, 1.82) is 0 Å². The van der Waals surface area contributed by atoms with Crippen molar-refractivity contribution in [3.8, 4) is 11.6 Å². The van der Waals surface area contributed by atoms with Gasteiger partial charge < -0.3 is 15.0 Å². The number of aryl methyl sites for hydroxylation is 1. The Kier molecular flexibility index (Phi) is 5.70. The van der Waals surface area contributed by atoms with E-state index in [9.17, 15) is 0 Å². The molecule has 0 amide bonds. The molecule has 0 saturated carbocycles. The minimum Gasteiger partial charge on any atom is -0.494 e. The van der Waals surface area contributed by atoms with E-state index in [1.165, 1.54) is 4.88 Å². The Hall–Kier alpha value is -4.76. The molecule has 1 N–H and O–H groups in total. The number of thiophene rings is 1. The Balaban J connectivity index is 1.43. The van der Waals surface area contributed by atoms with Gasteiger partial charge in [-0.15, -0.1) is 11.3 Å². The quantitative estimate of drug-likeness (QED) is 0.269. The SMILES string of the molecule is CCOc1ccc(NC2=Nc3ccccc3N3C2=Nc2c(c(C)nn2-c2ccccn2)C3c2cccs2)cc1. The maximum Gasteiger partial charge on any atom is 0.179 e. The average Bonchev–Trinajstić information content (AvgIpc) is 3.62. The third-order valence-corrected chi connectivity index (χ3v) is 7.67. The molecule has 0 radical (unpaired) electrons. The second kappa shape index (κ2) is 9.52. The Morgan fingerprint density at radius 1 is 0.949 bits per heavy atom. The number of hydrogen-bond donors (Lipinski definition) is 1. The van der Waals surface area contributed by atoms with E-state index < -0.39 is 0 Å². The molecule has 9 heteroatoms. The van der Waals surface area contributed by atoms with Gasteiger partial charge in [0.05, 0.1) is 23.7 Å². The summed E-state index contributed by atoms with van der Waals surface area (Å²) >= 11 is 1.73. The molecule has 0 fully saturated rings. The Bertz CT molecular complexity index is 1710. The van der Waals surface area contributed by atoms with Gasteiger partial charge in [-0.2, -0.15) is 9.78 Å². The highest BCUT2D eigenvalue weighted by Gasteiger charge is 2.41. The molecule has 1 unspecified atom stereocenters. The number of nitrogens with one attached hydrogen (secondary N) is 1.